The fourth-order valence-corrected chi connectivity index (χ4v) is 9.28. The van der Waals surface area contributed by atoms with Crippen LogP contribution < -0.4 is 0 Å². The summed E-state index contributed by atoms with van der Waals surface area (Å²) in [5.74, 6) is 3.30. The monoisotopic (exact) mass is 1190 g/mol. The minimum Gasteiger partial charge on any atom is -0.508 e. The zero-order chi connectivity index (χ0) is 60.2. The second kappa shape index (κ2) is 28.0. The van der Waals surface area contributed by atoms with Gasteiger partial charge in [0.1, 0.15) is 11.5 Å². The van der Waals surface area contributed by atoms with E-state index < -0.39 is 0 Å². The van der Waals surface area contributed by atoms with Crippen molar-refractivity contribution in [1.82, 2.24) is 44.9 Å². The molecule has 422 valence electrons. The second-order valence-electron chi connectivity index (χ2n) is 20.2. The molecule has 11 nitrogen and oxygen atoms in total. The van der Waals surface area contributed by atoms with Gasteiger partial charge in [-0.2, -0.15) is 24.9 Å². The number of phenols is 2. The molecule has 0 saturated carbocycles. The highest BCUT2D eigenvalue weighted by atomic mass is 35.5. The maximum Gasteiger partial charge on any atom is 0.227 e. The first-order valence-electron chi connectivity index (χ1n) is 26.8. The van der Waals surface area contributed by atoms with Crippen LogP contribution in [0.2, 0.25) is 21.1 Å². The maximum absolute atomic E-state index is 10.8. The van der Waals surface area contributed by atoms with Gasteiger partial charge in [-0.15, -0.1) is 0 Å². The molecule has 2 N–H and O–H groups in total. The number of aromatic hydroxyl groups is 2. The Bertz CT molecular complexity index is 4120. The van der Waals surface area contributed by atoms with Crippen LogP contribution in [0.3, 0.4) is 0 Å². The van der Waals surface area contributed by atoms with Crippen LogP contribution in [0.25, 0.3) is 78.5 Å². The van der Waals surface area contributed by atoms with Crippen LogP contribution in [0.5, 0.6) is 11.5 Å². The van der Waals surface area contributed by atoms with Gasteiger partial charge in [0.15, 0.2) is 29.1 Å². The number of nitrogens with zero attached hydrogens (tertiary/aromatic N) is 9. The number of fused-ring (bicyclic) bond motifs is 2. The Morgan fingerprint density at radius 1 is 0.262 bits per heavy atom. The predicted octanol–water partition coefficient (Wildman–Crippen LogP) is 18.7. The van der Waals surface area contributed by atoms with Crippen LogP contribution in [0, 0.1) is 69.2 Å². The van der Waals surface area contributed by atoms with Gasteiger partial charge < -0.3 is 10.2 Å². The van der Waals surface area contributed by atoms with Crippen LogP contribution >= 0.6 is 46.4 Å². The van der Waals surface area contributed by atoms with E-state index in [9.17, 15) is 5.11 Å². The largest absolute Gasteiger partial charge is 0.508 e. The molecule has 0 saturated heterocycles. The fourth-order valence-electron chi connectivity index (χ4n) is 8.51. The number of benzene rings is 9. The van der Waals surface area contributed by atoms with Crippen LogP contribution in [0.1, 0.15) is 55.6 Å². The first-order valence-corrected chi connectivity index (χ1v) is 28.3. The van der Waals surface area contributed by atoms with E-state index >= 15 is 0 Å². The lowest BCUT2D eigenvalue weighted by atomic mass is 10.0. The van der Waals surface area contributed by atoms with Crippen molar-refractivity contribution in [2.24, 2.45) is 0 Å². The SMILES string of the molecule is Cc1ccc(-c2nc(-c3ccc(C)c(C)c3)nc(-c3c(O)ccc4ccccc34)n2)cc1C.Cc1ccc(-c2nc(Cl)nc(-c3ccc(C)c(C)c3)n2)cc1C.Cc1ccccc1C.Clc1nc(Cl)nc(Cl)n1.Oc1ccc2ccccc2c1. The molecule has 12 rings (SSSR count). The average molecular weight is 1190 g/mol. The average Bonchev–Trinajstić information content (AvgIpc) is 3.67. The Hall–Kier alpha value is -8.71. The number of hydrogen-bond acceptors (Lipinski definition) is 11. The molecule has 9 aromatic carbocycles. The smallest absolute Gasteiger partial charge is 0.227 e. The number of hydrogen-bond donors (Lipinski definition) is 2. The molecule has 0 fully saturated rings. The van der Waals surface area contributed by atoms with E-state index in [4.69, 9.17) is 66.5 Å². The third-order valence-electron chi connectivity index (χ3n) is 14.1. The van der Waals surface area contributed by atoms with Gasteiger partial charge in [0.25, 0.3) is 0 Å². The lowest BCUT2D eigenvalue weighted by Gasteiger charge is -2.12. The van der Waals surface area contributed by atoms with E-state index in [1.807, 2.05) is 84.9 Å². The Labute approximate surface area is 510 Å². The summed E-state index contributed by atoms with van der Waals surface area (Å²) in [4.78, 5) is 38.1. The lowest BCUT2D eigenvalue weighted by Crippen LogP contribution is -2.01. The van der Waals surface area contributed by atoms with Crippen molar-refractivity contribution in [1.29, 1.82) is 0 Å². The minimum atomic E-state index is 0.000000000000000444. The normalized spacial score (nSPS) is 10.6. The molecule has 3 heterocycles. The molecule has 0 radical (unpaired) electrons. The molecule has 0 bridgehead atoms. The van der Waals surface area contributed by atoms with Gasteiger partial charge >= 0.3 is 0 Å². The molecule has 15 heteroatoms. The summed E-state index contributed by atoms with van der Waals surface area (Å²) < 4.78 is 0. The molecule has 0 spiro atoms. The van der Waals surface area contributed by atoms with Crippen molar-refractivity contribution in [3.63, 3.8) is 0 Å². The van der Waals surface area contributed by atoms with Crippen molar-refractivity contribution in [2.75, 3.05) is 0 Å². The number of aryl methyl sites for hydroxylation is 10. The molecule has 0 unspecified atom stereocenters. The zero-order valence-corrected chi connectivity index (χ0v) is 51.2. The molecule has 0 aliphatic carbocycles. The van der Waals surface area contributed by atoms with Crippen molar-refractivity contribution in [2.45, 2.75) is 69.2 Å². The van der Waals surface area contributed by atoms with Crippen molar-refractivity contribution in [3.8, 4) is 68.4 Å². The lowest BCUT2D eigenvalue weighted by molar-refractivity contribution is 0.476. The Balaban J connectivity index is 0.000000154. The summed E-state index contributed by atoms with van der Waals surface area (Å²) in [5.41, 5.74) is 16.8. The number of phenolic OH excluding ortho intramolecular Hbond substituents is 2. The third kappa shape index (κ3) is 16.1. The highest BCUT2D eigenvalue weighted by Crippen LogP contribution is 2.37. The van der Waals surface area contributed by atoms with Gasteiger partial charge in [-0.3, -0.25) is 0 Å². The van der Waals surface area contributed by atoms with E-state index in [0.29, 0.717) is 40.4 Å². The molecule has 0 amide bonds. The molecule has 0 aliphatic heterocycles. The second-order valence-corrected chi connectivity index (χ2v) is 21.5. The van der Waals surface area contributed by atoms with E-state index in [-0.39, 0.29) is 26.9 Å². The van der Waals surface area contributed by atoms with Gasteiger partial charge in [0.2, 0.25) is 21.1 Å². The first kappa shape index (κ1) is 61.4. The van der Waals surface area contributed by atoms with Crippen LogP contribution in [0.15, 0.2) is 176 Å². The zero-order valence-electron chi connectivity index (χ0n) is 48.2. The van der Waals surface area contributed by atoms with Gasteiger partial charge in [0, 0.05) is 22.3 Å². The third-order valence-corrected chi connectivity index (χ3v) is 14.8. The van der Waals surface area contributed by atoms with Crippen molar-refractivity contribution < 1.29 is 10.2 Å². The molecular weight excluding hydrogens is 1130 g/mol. The number of rotatable bonds is 5. The topological polar surface area (TPSA) is 156 Å². The van der Waals surface area contributed by atoms with Crippen molar-refractivity contribution >= 4 is 67.9 Å². The summed E-state index contributed by atoms with van der Waals surface area (Å²) in [5, 5.41) is 24.3. The molecule has 0 aliphatic rings. The van der Waals surface area contributed by atoms with Gasteiger partial charge in [-0.05, 0) is 235 Å². The summed E-state index contributed by atoms with van der Waals surface area (Å²) in [7, 11) is 0. The predicted molar refractivity (Wildman–Crippen MR) is 345 cm³/mol. The van der Waals surface area contributed by atoms with E-state index in [1.165, 1.54) is 55.6 Å². The fraction of sp³-hybridized carbons (Fsp3) is 0.145. The summed E-state index contributed by atoms with van der Waals surface area (Å²) in [6.07, 6.45) is 0. The van der Waals surface area contributed by atoms with E-state index in [2.05, 4.69) is 172 Å². The molecule has 12 aromatic rings. The summed E-state index contributed by atoms with van der Waals surface area (Å²) in [6, 6.07) is 58.0. The Kier molecular flexibility index (Phi) is 20.5. The highest BCUT2D eigenvalue weighted by molar-refractivity contribution is 6.33. The number of aromatic nitrogens is 9. The van der Waals surface area contributed by atoms with Gasteiger partial charge in [-0.1, -0.05) is 133 Å². The summed E-state index contributed by atoms with van der Waals surface area (Å²) in [6.45, 7) is 20.9. The summed E-state index contributed by atoms with van der Waals surface area (Å²) >= 11 is 22.1. The minimum absolute atomic E-state index is 0.000000000000000444. The van der Waals surface area contributed by atoms with Crippen LogP contribution in [-0.2, 0) is 0 Å². The van der Waals surface area contributed by atoms with Crippen molar-refractivity contribution in [3.05, 3.63) is 253 Å². The molecule has 3 aromatic heterocycles. The Morgan fingerprint density at radius 3 is 0.988 bits per heavy atom. The van der Waals surface area contributed by atoms with E-state index in [1.54, 1.807) is 18.2 Å². The molecular formula is C69H61Cl4N9O2. The van der Waals surface area contributed by atoms with Gasteiger partial charge in [-0.25, -0.2) is 19.9 Å². The van der Waals surface area contributed by atoms with Crippen LogP contribution in [0.4, 0.5) is 0 Å². The Morgan fingerprint density at radius 2 is 0.583 bits per heavy atom. The van der Waals surface area contributed by atoms with Gasteiger partial charge in [0.05, 0.1) is 5.56 Å². The van der Waals surface area contributed by atoms with E-state index in [0.717, 1.165) is 43.8 Å². The quantitative estimate of drug-likeness (QED) is 0.169. The maximum atomic E-state index is 10.8. The first-order chi connectivity index (χ1) is 40.2. The van der Waals surface area contributed by atoms with Crippen LogP contribution in [-0.4, -0.2) is 55.1 Å². The standard InChI is InChI=1S/C29H25N3O.C19H18ClN3.C10H8O.C8H10.C3Cl3N3/c1-17-9-11-22(15-19(17)3)27-30-28(23-12-10-18(2)20(4)16-23)32-29(31-27)26-24-8-6-5-7-21(24)13-14-25(26)33;1-11-5-7-15(9-13(11)3)17-21-18(23-19(20)22-17)16-8-6-12(2)14(4)10-16;11-10-6-5-8-3-1-2-4-9(8)7-10;1-7-5-3-4-6-8(7)2;4-1-7-2(5)9-3(6)8-1/h5-16,33H,1-4H3;5-10H,1-4H3;1-7,11H;3-6H,1-2H3;. The molecule has 0 atom stereocenters. The highest BCUT2D eigenvalue weighted by Gasteiger charge is 2.18. The number of halogens is 4. The molecule has 84 heavy (non-hydrogen) atoms.